The van der Waals surface area contributed by atoms with Crippen molar-refractivity contribution in [1.82, 2.24) is 0 Å². The van der Waals surface area contributed by atoms with Gasteiger partial charge in [-0.1, -0.05) is 52.3 Å². The zero-order valence-corrected chi connectivity index (χ0v) is 18.8. The quantitative estimate of drug-likeness (QED) is 0.419. The molecule has 1 aliphatic rings. The van der Waals surface area contributed by atoms with Gasteiger partial charge in [-0.25, -0.2) is 0 Å². The van der Waals surface area contributed by atoms with Crippen LogP contribution >= 0.6 is 15.9 Å². The lowest BCUT2D eigenvalue weighted by Gasteiger charge is -2.12. The number of carbonyl (C=O) groups is 1. The Bertz CT molecular complexity index is 1160. The highest BCUT2D eigenvalue weighted by molar-refractivity contribution is 9.10. The monoisotopic (exact) mass is 476 g/mol. The van der Waals surface area contributed by atoms with Crippen LogP contribution in [0.2, 0.25) is 0 Å². The summed E-state index contributed by atoms with van der Waals surface area (Å²) in [6.07, 6.45) is 1.82. The smallest absolute Gasteiger partial charge is 0.280 e. The van der Waals surface area contributed by atoms with Crippen molar-refractivity contribution >= 4 is 39.3 Å². The number of amides is 1. The van der Waals surface area contributed by atoms with Crippen LogP contribution in [0.5, 0.6) is 11.5 Å². The summed E-state index contributed by atoms with van der Waals surface area (Å²) in [7, 11) is 1.60. The number of rotatable bonds is 6. The molecule has 0 fully saturated rings. The highest BCUT2D eigenvalue weighted by Crippen LogP contribution is 2.31. The van der Waals surface area contributed by atoms with Crippen LogP contribution in [-0.4, -0.2) is 18.7 Å². The molecule has 0 aromatic heterocycles. The van der Waals surface area contributed by atoms with Crippen LogP contribution in [0.15, 0.2) is 87.9 Å². The molecule has 0 spiro atoms. The number of halogens is 1. The van der Waals surface area contributed by atoms with E-state index >= 15 is 0 Å². The lowest BCUT2D eigenvalue weighted by molar-refractivity contribution is -0.114. The van der Waals surface area contributed by atoms with E-state index in [2.05, 4.69) is 21.0 Å². The molecule has 1 heterocycles. The van der Waals surface area contributed by atoms with Gasteiger partial charge >= 0.3 is 0 Å². The summed E-state index contributed by atoms with van der Waals surface area (Å²) < 4.78 is 12.4. The zero-order chi connectivity index (χ0) is 21.8. The number of hydrogen-bond donors (Lipinski definition) is 0. The van der Waals surface area contributed by atoms with Crippen molar-refractivity contribution in [1.29, 1.82) is 0 Å². The molecule has 0 unspecified atom stereocenters. The largest absolute Gasteiger partial charge is 0.493 e. The van der Waals surface area contributed by atoms with Gasteiger partial charge in [0.25, 0.3) is 5.91 Å². The summed E-state index contributed by atoms with van der Waals surface area (Å²) in [5.74, 6) is 1.09. The molecule has 0 saturated carbocycles. The van der Waals surface area contributed by atoms with Crippen molar-refractivity contribution in [3.8, 4) is 11.5 Å². The fourth-order valence-electron chi connectivity index (χ4n) is 3.24. The third-order valence-corrected chi connectivity index (χ3v) is 5.40. The number of nitrogens with zero attached hydrogens (tertiary/aromatic N) is 2. The van der Waals surface area contributed by atoms with E-state index in [9.17, 15) is 4.79 Å². The molecular formula is C25H21BrN2O3. The second-order valence-electron chi connectivity index (χ2n) is 7.02. The molecule has 1 amide bonds. The molecule has 1 aliphatic heterocycles. The van der Waals surface area contributed by atoms with Gasteiger partial charge in [-0.15, -0.1) is 0 Å². The number of anilines is 1. The predicted octanol–water partition coefficient (Wildman–Crippen LogP) is 5.84. The first-order valence-electron chi connectivity index (χ1n) is 9.77. The second kappa shape index (κ2) is 9.18. The van der Waals surface area contributed by atoms with E-state index < -0.39 is 0 Å². The van der Waals surface area contributed by atoms with Gasteiger partial charge < -0.3 is 9.47 Å². The van der Waals surface area contributed by atoms with E-state index in [0.29, 0.717) is 29.4 Å². The first kappa shape index (κ1) is 20.9. The summed E-state index contributed by atoms with van der Waals surface area (Å²) in [5, 5.41) is 5.85. The van der Waals surface area contributed by atoms with Crippen LogP contribution in [0.25, 0.3) is 6.08 Å². The molecule has 0 aliphatic carbocycles. The first-order valence-corrected chi connectivity index (χ1v) is 10.6. The average molecular weight is 477 g/mol. The highest BCUT2D eigenvalue weighted by atomic mass is 79.9. The molecule has 3 aromatic rings. The highest BCUT2D eigenvalue weighted by Gasteiger charge is 2.28. The minimum absolute atomic E-state index is 0.164. The van der Waals surface area contributed by atoms with Crippen LogP contribution in [0.4, 0.5) is 5.69 Å². The fraction of sp³-hybridized carbons (Fsp3) is 0.120. The summed E-state index contributed by atoms with van der Waals surface area (Å²) in [6.45, 7) is 2.28. The molecule has 0 radical (unpaired) electrons. The summed E-state index contributed by atoms with van der Waals surface area (Å²) >= 11 is 3.41. The molecule has 0 N–H and O–H groups in total. The van der Waals surface area contributed by atoms with Gasteiger partial charge in [-0.05, 0) is 60.5 Å². The molecule has 4 rings (SSSR count). The normalized spacial score (nSPS) is 14.7. The Labute approximate surface area is 189 Å². The number of ether oxygens (including phenoxy) is 2. The molecule has 3 aromatic carbocycles. The van der Waals surface area contributed by atoms with Crippen LogP contribution in [0.1, 0.15) is 18.1 Å². The van der Waals surface area contributed by atoms with Crippen LogP contribution < -0.4 is 14.5 Å². The lowest BCUT2D eigenvalue weighted by Crippen LogP contribution is -2.21. The molecule has 156 valence electrons. The van der Waals surface area contributed by atoms with E-state index in [1.807, 2.05) is 85.8 Å². The molecule has 0 saturated heterocycles. The Kier molecular flexibility index (Phi) is 6.18. The van der Waals surface area contributed by atoms with Crippen LogP contribution in [-0.2, 0) is 11.4 Å². The standard InChI is InChI=1S/C25H21BrN2O3/c1-17-22(25(29)28(27-17)21-11-9-20(26)10-12-21)14-19-8-13-23(24(15-19)30-2)31-16-18-6-4-3-5-7-18/h3-15H,16H2,1-2H3. The van der Waals surface area contributed by atoms with Gasteiger partial charge in [0.05, 0.1) is 24.1 Å². The molecule has 0 atom stereocenters. The lowest BCUT2D eigenvalue weighted by atomic mass is 10.1. The van der Waals surface area contributed by atoms with Crippen molar-refractivity contribution in [2.75, 3.05) is 12.1 Å². The van der Waals surface area contributed by atoms with Crippen molar-refractivity contribution < 1.29 is 14.3 Å². The Morgan fingerprint density at radius 3 is 2.45 bits per heavy atom. The number of benzene rings is 3. The Morgan fingerprint density at radius 2 is 1.74 bits per heavy atom. The minimum atomic E-state index is -0.164. The summed E-state index contributed by atoms with van der Waals surface area (Å²) in [4.78, 5) is 13.0. The SMILES string of the molecule is COc1cc(C=C2C(=O)N(c3ccc(Br)cc3)N=C2C)ccc1OCc1ccccc1. The Balaban J connectivity index is 1.54. The fourth-order valence-corrected chi connectivity index (χ4v) is 3.50. The molecule has 0 bridgehead atoms. The molecular weight excluding hydrogens is 456 g/mol. The maximum Gasteiger partial charge on any atom is 0.280 e. The number of hydrogen-bond acceptors (Lipinski definition) is 4. The van der Waals surface area contributed by atoms with Crippen molar-refractivity contribution in [3.05, 3.63) is 94.0 Å². The first-order chi connectivity index (χ1) is 15.0. The van der Waals surface area contributed by atoms with Crippen LogP contribution in [0, 0.1) is 0 Å². The van der Waals surface area contributed by atoms with Gasteiger partial charge in [-0.3, -0.25) is 4.79 Å². The van der Waals surface area contributed by atoms with Crippen molar-refractivity contribution in [3.63, 3.8) is 0 Å². The molecule has 31 heavy (non-hydrogen) atoms. The average Bonchev–Trinajstić information content (AvgIpc) is 3.07. The predicted molar refractivity (Wildman–Crippen MR) is 126 cm³/mol. The van der Waals surface area contributed by atoms with Gasteiger partial charge in [0.15, 0.2) is 11.5 Å². The van der Waals surface area contributed by atoms with E-state index in [-0.39, 0.29) is 5.91 Å². The summed E-state index contributed by atoms with van der Waals surface area (Å²) in [6, 6.07) is 23.0. The third kappa shape index (κ3) is 4.70. The maximum atomic E-state index is 13.0. The van der Waals surface area contributed by atoms with Gasteiger partial charge in [0, 0.05) is 4.47 Å². The van der Waals surface area contributed by atoms with Gasteiger partial charge in [0.2, 0.25) is 0 Å². The Morgan fingerprint density at radius 1 is 1.00 bits per heavy atom. The third-order valence-electron chi connectivity index (χ3n) is 4.87. The molecule has 5 nitrogen and oxygen atoms in total. The number of hydrazone groups is 1. The molecule has 6 heteroatoms. The van der Waals surface area contributed by atoms with Crippen LogP contribution in [0.3, 0.4) is 0 Å². The van der Waals surface area contributed by atoms with E-state index in [1.165, 1.54) is 5.01 Å². The van der Waals surface area contributed by atoms with E-state index in [4.69, 9.17) is 9.47 Å². The zero-order valence-electron chi connectivity index (χ0n) is 17.2. The van der Waals surface area contributed by atoms with E-state index in [0.717, 1.165) is 21.3 Å². The van der Waals surface area contributed by atoms with Crippen molar-refractivity contribution in [2.45, 2.75) is 13.5 Å². The Hall–Kier alpha value is -3.38. The topological polar surface area (TPSA) is 51.1 Å². The maximum absolute atomic E-state index is 13.0. The second-order valence-corrected chi connectivity index (χ2v) is 7.94. The minimum Gasteiger partial charge on any atom is -0.493 e. The van der Waals surface area contributed by atoms with E-state index in [1.54, 1.807) is 7.11 Å². The van der Waals surface area contributed by atoms with Crippen molar-refractivity contribution in [2.24, 2.45) is 5.10 Å². The van der Waals surface area contributed by atoms with Gasteiger partial charge in [-0.2, -0.15) is 10.1 Å². The summed E-state index contributed by atoms with van der Waals surface area (Å²) in [5.41, 5.74) is 3.84. The number of carbonyl (C=O) groups excluding carboxylic acids is 1. The number of methoxy groups -OCH3 is 1. The van der Waals surface area contributed by atoms with Gasteiger partial charge in [0.1, 0.15) is 6.61 Å².